The molecule has 2 heterocycles. The number of nitrogens with one attached hydrogen (secondary N) is 1. The molecule has 1 aliphatic carbocycles. The molecule has 2 aromatic rings. The minimum absolute atomic E-state index is 0.390. The summed E-state index contributed by atoms with van der Waals surface area (Å²) in [6, 6.07) is 4.11. The van der Waals surface area contributed by atoms with Crippen LogP contribution < -0.4 is 5.32 Å². The third-order valence-electron chi connectivity index (χ3n) is 3.37. The number of aryl methyl sites for hydroxylation is 1. The average Bonchev–Trinajstić information content (AvgIpc) is 2.84. The predicted octanol–water partition coefficient (Wildman–Crippen LogP) is 3.85. The number of pyridine rings is 1. The monoisotopic (exact) mass is 293 g/mol. The fraction of sp³-hybridized carbons (Fsp3) is 0.429. The summed E-state index contributed by atoms with van der Waals surface area (Å²) in [4.78, 5) is 10.5. The second-order valence-electron chi connectivity index (χ2n) is 4.66. The minimum Gasteiger partial charge on any atom is -0.309 e. The minimum atomic E-state index is 0.390. The van der Waals surface area contributed by atoms with Crippen LogP contribution in [0.5, 0.6) is 0 Å². The second kappa shape index (κ2) is 5.57. The number of halogens is 1. The molecule has 3 nitrogen and oxygen atoms in total. The Morgan fingerprint density at radius 2 is 2.42 bits per heavy atom. The van der Waals surface area contributed by atoms with Crippen LogP contribution in [0.2, 0.25) is 5.02 Å². The number of fused-ring (bicyclic) bond motifs is 1. The number of rotatable bonds is 3. The summed E-state index contributed by atoms with van der Waals surface area (Å²) < 4.78 is 0. The standard InChI is InChI=1S/C14H16ClN3S/c1-2-16-10-6-3-7-11-13(10)18-14(19-11)12-9(15)5-4-8-17-12/h4-5,8,10,16H,2-3,6-7H2,1H3. The lowest BCUT2D eigenvalue weighted by Crippen LogP contribution is -2.24. The van der Waals surface area contributed by atoms with Gasteiger partial charge in [0.1, 0.15) is 10.7 Å². The molecule has 0 fully saturated rings. The van der Waals surface area contributed by atoms with Crippen LogP contribution >= 0.6 is 22.9 Å². The molecule has 0 spiro atoms. The highest BCUT2D eigenvalue weighted by Gasteiger charge is 2.25. The molecule has 0 saturated heterocycles. The number of nitrogens with zero attached hydrogens (tertiary/aromatic N) is 2. The Bertz CT molecular complexity index is 582. The molecule has 2 aromatic heterocycles. The van der Waals surface area contributed by atoms with Gasteiger partial charge in [0.25, 0.3) is 0 Å². The van der Waals surface area contributed by atoms with Crippen LogP contribution in [0.3, 0.4) is 0 Å². The zero-order valence-electron chi connectivity index (χ0n) is 10.8. The van der Waals surface area contributed by atoms with Gasteiger partial charge in [0.15, 0.2) is 0 Å². The van der Waals surface area contributed by atoms with Gasteiger partial charge < -0.3 is 5.32 Å². The molecular formula is C14H16ClN3S. The Morgan fingerprint density at radius 1 is 1.53 bits per heavy atom. The zero-order chi connectivity index (χ0) is 13.2. The van der Waals surface area contributed by atoms with Crippen molar-refractivity contribution in [3.8, 4) is 10.7 Å². The predicted molar refractivity (Wildman–Crippen MR) is 79.7 cm³/mol. The highest BCUT2D eigenvalue weighted by molar-refractivity contribution is 7.15. The quantitative estimate of drug-likeness (QED) is 0.934. The summed E-state index contributed by atoms with van der Waals surface area (Å²) in [5.41, 5.74) is 2.01. The summed E-state index contributed by atoms with van der Waals surface area (Å²) in [5.74, 6) is 0. The van der Waals surface area contributed by atoms with Crippen LogP contribution in [0.25, 0.3) is 10.7 Å². The zero-order valence-corrected chi connectivity index (χ0v) is 12.4. The topological polar surface area (TPSA) is 37.8 Å². The SMILES string of the molecule is CCNC1CCCc2sc(-c3ncccc3Cl)nc21. The smallest absolute Gasteiger partial charge is 0.143 e. The second-order valence-corrected chi connectivity index (χ2v) is 6.15. The lowest BCUT2D eigenvalue weighted by molar-refractivity contribution is 0.465. The molecule has 0 bridgehead atoms. The third-order valence-corrected chi connectivity index (χ3v) is 4.81. The molecule has 0 amide bonds. The molecular weight excluding hydrogens is 278 g/mol. The van der Waals surface area contributed by atoms with Gasteiger partial charge >= 0.3 is 0 Å². The van der Waals surface area contributed by atoms with E-state index in [1.165, 1.54) is 23.4 Å². The van der Waals surface area contributed by atoms with E-state index in [2.05, 4.69) is 17.2 Å². The molecule has 0 saturated carbocycles. The first-order valence-corrected chi connectivity index (χ1v) is 7.83. The van der Waals surface area contributed by atoms with Crippen molar-refractivity contribution >= 4 is 22.9 Å². The van der Waals surface area contributed by atoms with Gasteiger partial charge in [-0.05, 0) is 37.9 Å². The molecule has 0 aromatic carbocycles. The summed E-state index contributed by atoms with van der Waals surface area (Å²) in [7, 11) is 0. The lowest BCUT2D eigenvalue weighted by atomic mass is 9.98. The van der Waals surface area contributed by atoms with Gasteiger partial charge in [-0.1, -0.05) is 18.5 Å². The maximum absolute atomic E-state index is 6.21. The van der Waals surface area contributed by atoms with Crippen LogP contribution in [0.15, 0.2) is 18.3 Å². The molecule has 19 heavy (non-hydrogen) atoms. The van der Waals surface area contributed by atoms with Gasteiger partial charge in [-0.2, -0.15) is 0 Å². The van der Waals surface area contributed by atoms with Gasteiger partial charge in [0, 0.05) is 11.1 Å². The summed E-state index contributed by atoms with van der Waals surface area (Å²) >= 11 is 7.94. The number of aromatic nitrogens is 2. The molecule has 100 valence electrons. The molecule has 5 heteroatoms. The van der Waals surface area contributed by atoms with Gasteiger partial charge in [0.2, 0.25) is 0 Å². The number of hydrogen-bond acceptors (Lipinski definition) is 4. The van der Waals surface area contributed by atoms with Crippen LogP contribution in [0.4, 0.5) is 0 Å². The van der Waals surface area contributed by atoms with Gasteiger partial charge in [-0.3, -0.25) is 4.98 Å². The van der Waals surface area contributed by atoms with Crippen molar-refractivity contribution in [3.63, 3.8) is 0 Å². The first-order chi connectivity index (χ1) is 9.29. The van der Waals surface area contributed by atoms with Crippen LogP contribution in [-0.4, -0.2) is 16.5 Å². The van der Waals surface area contributed by atoms with E-state index in [1.807, 2.05) is 12.1 Å². The molecule has 1 aliphatic rings. The largest absolute Gasteiger partial charge is 0.309 e. The Labute approximate surface area is 122 Å². The van der Waals surface area contributed by atoms with Crippen LogP contribution in [0.1, 0.15) is 36.4 Å². The van der Waals surface area contributed by atoms with E-state index in [0.717, 1.165) is 23.7 Å². The Balaban J connectivity index is 2.00. The fourth-order valence-electron chi connectivity index (χ4n) is 2.51. The normalized spacial score (nSPS) is 18.3. The van der Waals surface area contributed by atoms with Crippen molar-refractivity contribution < 1.29 is 0 Å². The van der Waals surface area contributed by atoms with Gasteiger partial charge in [0.05, 0.1) is 16.8 Å². The first-order valence-electron chi connectivity index (χ1n) is 6.63. The molecule has 1 atom stereocenters. The van der Waals surface area contributed by atoms with E-state index in [1.54, 1.807) is 17.5 Å². The maximum Gasteiger partial charge on any atom is 0.143 e. The maximum atomic E-state index is 6.21. The van der Waals surface area contributed by atoms with Crippen molar-refractivity contribution in [2.45, 2.75) is 32.2 Å². The van der Waals surface area contributed by atoms with E-state index in [9.17, 15) is 0 Å². The molecule has 0 aliphatic heterocycles. The highest BCUT2D eigenvalue weighted by Crippen LogP contribution is 2.38. The van der Waals surface area contributed by atoms with Gasteiger partial charge in [-0.25, -0.2) is 4.98 Å². The van der Waals surface area contributed by atoms with Crippen molar-refractivity contribution in [1.82, 2.24) is 15.3 Å². The Hall–Kier alpha value is -0.970. The summed E-state index contributed by atoms with van der Waals surface area (Å²) in [6.07, 6.45) is 5.28. The number of thiazole rings is 1. The van der Waals surface area contributed by atoms with Crippen molar-refractivity contribution in [2.24, 2.45) is 0 Å². The van der Waals surface area contributed by atoms with E-state index in [-0.39, 0.29) is 0 Å². The molecule has 3 rings (SSSR count). The van der Waals surface area contributed by atoms with Gasteiger partial charge in [-0.15, -0.1) is 11.3 Å². The summed E-state index contributed by atoms with van der Waals surface area (Å²) in [6.45, 7) is 3.11. The fourth-order valence-corrected chi connectivity index (χ4v) is 3.95. The first kappa shape index (κ1) is 13.0. The van der Waals surface area contributed by atoms with Crippen LogP contribution in [-0.2, 0) is 6.42 Å². The Kier molecular flexibility index (Phi) is 3.82. The van der Waals surface area contributed by atoms with Crippen molar-refractivity contribution in [1.29, 1.82) is 0 Å². The van der Waals surface area contributed by atoms with Crippen molar-refractivity contribution in [3.05, 3.63) is 33.9 Å². The van der Waals surface area contributed by atoms with Crippen LogP contribution in [0, 0.1) is 0 Å². The highest BCUT2D eigenvalue weighted by atomic mass is 35.5. The van der Waals surface area contributed by atoms with E-state index < -0.39 is 0 Å². The lowest BCUT2D eigenvalue weighted by Gasteiger charge is -2.21. The van der Waals surface area contributed by atoms with E-state index in [0.29, 0.717) is 11.1 Å². The molecule has 1 N–H and O–H groups in total. The summed E-state index contributed by atoms with van der Waals surface area (Å²) in [5, 5.41) is 5.13. The average molecular weight is 294 g/mol. The van der Waals surface area contributed by atoms with E-state index in [4.69, 9.17) is 16.6 Å². The van der Waals surface area contributed by atoms with Crippen molar-refractivity contribution in [2.75, 3.05) is 6.54 Å². The Morgan fingerprint density at radius 3 is 3.21 bits per heavy atom. The van der Waals surface area contributed by atoms with E-state index >= 15 is 0 Å². The molecule has 0 radical (unpaired) electrons. The third kappa shape index (κ3) is 2.53. The molecule has 1 unspecified atom stereocenters. The number of hydrogen-bond donors (Lipinski definition) is 1.